The van der Waals surface area contributed by atoms with Gasteiger partial charge in [-0.3, -0.25) is 4.90 Å². The molecule has 2 amide bonds. The van der Waals surface area contributed by atoms with Crippen LogP contribution in [0.2, 0.25) is 0 Å². The molecule has 2 atom stereocenters. The van der Waals surface area contributed by atoms with Gasteiger partial charge in [-0.1, -0.05) is 18.2 Å². The highest BCUT2D eigenvalue weighted by Crippen LogP contribution is 2.32. The summed E-state index contributed by atoms with van der Waals surface area (Å²) in [6.45, 7) is 3.58. The van der Waals surface area contributed by atoms with Crippen molar-refractivity contribution in [2.24, 2.45) is 0 Å². The first-order valence-corrected chi connectivity index (χ1v) is 8.43. The van der Waals surface area contributed by atoms with Gasteiger partial charge in [0, 0.05) is 32.2 Å². The van der Waals surface area contributed by atoms with Crippen LogP contribution in [0.1, 0.15) is 30.0 Å². The van der Waals surface area contributed by atoms with Crippen molar-refractivity contribution >= 4 is 6.03 Å². The number of carbonyl (C=O) groups is 1. The van der Waals surface area contributed by atoms with E-state index in [1.54, 1.807) is 6.07 Å². The number of nitrogens with zero attached hydrogens (tertiary/aromatic N) is 2. The van der Waals surface area contributed by atoms with E-state index in [1.807, 2.05) is 11.0 Å². The van der Waals surface area contributed by atoms with Gasteiger partial charge < -0.3 is 10.2 Å². The van der Waals surface area contributed by atoms with E-state index in [2.05, 4.69) is 22.4 Å². The van der Waals surface area contributed by atoms with Crippen LogP contribution in [0.25, 0.3) is 0 Å². The third kappa shape index (κ3) is 2.85. The van der Waals surface area contributed by atoms with E-state index in [0.717, 1.165) is 56.6 Å². The first kappa shape index (κ1) is 14.7. The fourth-order valence-electron chi connectivity index (χ4n) is 3.98. The third-order valence-electron chi connectivity index (χ3n) is 5.30. The Morgan fingerprint density at radius 1 is 1.22 bits per heavy atom. The van der Waals surface area contributed by atoms with E-state index >= 15 is 0 Å². The molecular formula is C18H22FN3O. The molecule has 1 saturated heterocycles. The average molecular weight is 315 g/mol. The topological polar surface area (TPSA) is 35.6 Å². The predicted octanol–water partition coefficient (Wildman–Crippen LogP) is 2.47. The van der Waals surface area contributed by atoms with Crippen LogP contribution in [-0.4, -0.2) is 48.1 Å². The molecule has 0 saturated carbocycles. The normalized spacial score (nSPS) is 26.7. The molecule has 0 radical (unpaired) electrons. The lowest BCUT2D eigenvalue weighted by Crippen LogP contribution is -2.42. The number of aryl methyl sites for hydroxylation is 1. The molecule has 1 N–H and O–H groups in total. The summed E-state index contributed by atoms with van der Waals surface area (Å²) in [6, 6.07) is 5.29. The number of fused-ring (bicyclic) bond motifs is 1. The summed E-state index contributed by atoms with van der Waals surface area (Å²) < 4.78 is 13.5. The van der Waals surface area contributed by atoms with Crippen LogP contribution < -0.4 is 5.32 Å². The van der Waals surface area contributed by atoms with Gasteiger partial charge in [-0.15, -0.1) is 0 Å². The Morgan fingerprint density at radius 3 is 2.87 bits per heavy atom. The molecular weight excluding hydrogens is 293 g/mol. The molecule has 4 rings (SSSR count). The summed E-state index contributed by atoms with van der Waals surface area (Å²) in [5.74, 6) is -0.229. The van der Waals surface area contributed by atoms with E-state index in [1.165, 1.54) is 6.07 Å². The number of nitrogens with one attached hydrogen (secondary N) is 1. The molecule has 5 heteroatoms. The lowest BCUT2D eigenvalue weighted by atomic mass is 10.1. The van der Waals surface area contributed by atoms with Gasteiger partial charge in [0.05, 0.1) is 6.04 Å². The van der Waals surface area contributed by atoms with Gasteiger partial charge in [0.1, 0.15) is 5.82 Å². The zero-order valence-electron chi connectivity index (χ0n) is 13.2. The van der Waals surface area contributed by atoms with E-state index < -0.39 is 0 Å². The molecule has 3 aliphatic rings. The van der Waals surface area contributed by atoms with Crippen molar-refractivity contribution in [3.63, 3.8) is 0 Å². The molecule has 0 unspecified atom stereocenters. The molecule has 0 bridgehead atoms. The lowest BCUT2D eigenvalue weighted by molar-refractivity contribution is 0.196. The molecule has 0 aromatic heterocycles. The van der Waals surface area contributed by atoms with Crippen molar-refractivity contribution in [1.82, 2.24) is 15.1 Å². The highest BCUT2D eigenvalue weighted by molar-refractivity contribution is 5.75. The van der Waals surface area contributed by atoms with Crippen molar-refractivity contribution in [3.05, 3.63) is 47.3 Å². The van der Waals surface area contributed by atoms with Crippen molar-refractivity contribution < 1.29 is 9.18 Å². The molecule has 122 valence electrons. The number of carbonyl (C=O) groups excluding carboxylic acids is 1. The molecule has 2 aliphatic heterocycles. The minimum absolute atomic E-state index is 0.0123. The standard InChI is InChI=1S/C18H22FN3O/c19-14-5-3-13-4-6-17(16(13)11-14)20-18(23)22-10-7-15(12-22)21-8-1-2-9-21/h1-3,5,11,15,17H,4,6-10,12H2,(H,20,23)/t15-,17+/m1/s1. The van der Waals surface area contributed by atoms with Crippen LogP contribution in [0.3, 0.4) is 0 Å². The number of hydrogen-bond acceptors (Lipinski definition) is 2. The van der Waals surface area contributed by atoms with Crippen molar-refractivity contribution in [2.45, 2.75) is 31.3 Å². The van der Waals surface area contributed by atoms with Gasteiger partial charge in [0.25, 0.3) is 0 Å². The minimum Gasteiger partial charge on any atom is -0.331 e. The Hall–Kier alpha value is -1.88. The van der Waals surface area contributed by atoms with Gasteiger partial charge in [0.2, 0.25) is 0 Å². The highest BCUT2D eigenvalue weighted by atomic mass is 19.1. The molecule has 2 heterocycles. The van der Waals surface area contributed by atoms with Crippen molar-refractivity contribution in [3.8, 4) is 0 Å². The monoisotopic (exact) mass is 315 g/mol. The number of halogens is 1. The SMILES string of the molecule is O=C(N[C@H]1CCc2ccc(F)cc21)N1CC[C@@H](N2CC=CC2)C1. The summed E-state index contributed by atoms with van der Waals surface area (Å²) in [5.41, 5.74) is 2.09. The molecule has 23 heavy (non-hydrogen) atoms. The highest BCUT2D eigenvalue weighted by Gasteiger charge is 2.32. The number of benzene rings is 1. The Kier molecular flexibility index (Phi) is 3.81. The van der Waals surface area contributed by atoms with Crippen molar-refractivity contribution in [1.29, 1.82) is 0 Å². The number of hydrogen-bond donors (Lipinski definition) is 1. The second-order valence-corrected chi connectivity index (χ2v) is 6.70. The van der Waals surface area contributed by atoms with Gasteiger partial charge in [-0.2, -0.15) is 0 Å². The van der Waals surface area contributed by atoms with Crippen LogP contribution in [-0.2, 0) is 6.42 Å². The van der Waals surface area contributed by atoms with Crippen LogP contribution in [0.4, 0.5) is 9.18 Å². The van der Waals surface area contributed by atoms with Gasteiger partial charge in [-0.05, 0) is 42.5 Å². The number of urea groups is 1. The maximum absolute atomic E-state index is 13.5. The first-order valence-electron chi connectivity index (χ1n) is 8.43. The van der Waals surface area contributed by atoms with Gasteiger partial charge in [-0.25, -0.2) is 9.18 Å². The Labute approximate surface area is 136 Å². The molecule has 1 fully saturated rings. The Balaban J connectivity index is 1.37. The summed E-state index contributed by atoms with van der Waals surface area (Å²) in [5, 5.41) is 3.10. The second kappa shape index (κ2) is 5.96. The first-order chi connectivity index (χ1) is 11.2. The smallest absolute Gasteiger partial charge is 0.317 e. The summed E-state index contributed by atoms with van der Waals surface area (Å²) in [4.78, 5) is 16.9. The zero-order chi connectivity index (χ0) is 15.8. The minimum atomic E-state index is -0.229. The second-order valence-electron chi connectivity index (χ2n) is 6.70. The van der Waals surface area contributed by atoms with Gasteiger partial charge in [0.15, 0.2) is 0 Å². The van der Waals surface area contributed by atoms with E-state index in [4.69, 9.17) is 0 Å². The average Bonchev–Trinajstić information content (AvgIpc) is 3.27. The summed E-state index contributed by atoms with van der Waals surface area (Å²) in [7, 11) is 0. The molecule has 1 aromatic carbocycles. The quantitative estimate of drug-likeness (QED) is 0.851. The van der Waals surface area contributed by atoms with Crippen molar-refractivity contribution in [2.75, 3.05) is 26.2 Å². The largest absolute Gasteiger partial charge is 0.331 e. The molecule has 0 spiro atoms. The molecule has 4 nitrogen and oxygen atoms in total. The van der Waals surface area contributed by atoms with E-state index in [0.29, 0.717) is 6.04 Å². The Bertz CT molecular complexity index is 637. The maximum atomic E-state index is 13.5. The lowest BCUT2D eigenvalue weighted by Gasteiger charge is -2.25. The third-order valence-corrected chi connectivity index (χ3v) is 5.30. The van der Waals surface area contributed by atoms with E-state index in [9.17, 15) is 9.18 Å². The summed E-state index contributed by atoms with van der Waals surface area (Å²) >= 11 is 0. The maximum Gasteiger partial charge on any atom is 0.317 e. The Morgan fingerprint density at radius 2 is 2.04 bits per heavy atom. The summed E-state index contributed by atoms with van der Waals surface area (Å²) in [6.07, 6.45) is 7.17. The fourth-order valence-corrected chi connectivity index (χ4v) is 3.98. The number of amides is 2. The van der Waals surface area contributed by atoms with Crippen LogP contribution >= 0.6 is 0 Å². The van der Waals surface area contributed by atoms with Gasteiger partial charge >= 0.3 is 6.03 Å². The van der Waals surface area contributed by atoms with Crippen LogP contribution in [0.5, 0.6) is 0 Å². The fraction of sp³-hybridized carbons (Fsp3) is 0.500. The van der Waals surface area contributed by atoms with E-state index in [-0.39, 0.29) is 17.9 Å². The molecule has 1 aromatic rings. The zero-order valence-corrected chi connectivity index (χ0v) is 13.2. The van der Waals surface area contributed by atoms with Crippen LogP contribution in [0, 0.1) is 5.82 Å². The number of rotatable bonds is 2. The molecule has 1 aliphatic carbocycles. The number of likely N-dealkylation sites (tertiary alicyclic amines) is 1. The predicted molar refractivity (Wildman–Crippen MR) is 86.7 cm³/mol. The van der Waals surface area contributed by atoms with Crippen LogP contribution in [0.15, 0.2) is 30.4 Å².